The first-order valence-electron chi connectivity index (χ1n) is 15.2. The fourth-order valence-corrected chi connectivity index (χ4v) is 6.16. The quantitative estimate of drug-likeness (QED) is 0.294. The van der Waals surface area contributed by atoms with Gasteiger partial charge in [0.15, 0.2) is 0 Å². The summed E-state index contributed by atoms with van der Waals surface area (Å²) < 4.78 is 13.8. The van der Waals surface area contributed by atoms with Crippen molar-refractivity contribution >= 4 is 27.2 Å². The van der Waals surface area contributed by atoms with Gasteiger partial charge >= 0.3 is 14.8 Å². The van der Waals surface area contributed by atoms with Crippen LogP contribution in [0, 0.1) is 5.41 Å². The van der Waals surface area contributed by atoms with Gasteiger partial charge in [-0.05, 0) is 61.8 Å². The largest absolute Gasteiger partial charge is 0.853 e. The van der Waals surface area contributed by atoms with Crippen LogP contribution in [0.1, 0.15) is 130 Å². The average molecular weight is 575 g/mol. The summed E-state index contributed by atoms with van der Waals surface area (Å²) in [5.41, 5.74) is 6.70. The van der Waals surface area contributed by atoms with Crippen molar-refractivity contribution in [2.45, 2.75) is 124 Å². The van der Waals surface area contributed by atoms with Gasteiger partial charge in [0.05, 0.1) is 11.5 Å². The van der Waals surface area contributed by atoms with Crippen LogP contribution in [0.25, 0.3) is 0 Å². The summed E-state index contributed by atoms with van der Waals surface area (Å²) in [4.78, 5) is 9.91. The van der Waals surface area contributed by atoms with Gasteiger partial charge in [0, 0.05) is 42.1 Å². The van der Waals surface area contributed by atoms with Crippen LogP contribution >= 0.6 is 0 Å². The SMILES string of the molecule is [CH3][Al]1[O]c2c(cc(C(C)(C)C)cc2C(C)(C)C)C=NCC(C)(C)CN=Cc2cc(C(C)(C)C)cc(C(C)(C)C)c2[O]1. The third-order valence-electron chi connectivity index (χ3n) is 7.65. The van der Waals surface area contributed by atoms with Crippen molar-refractivity contribution in [3.63, 3.8) is 0 Å². The number of rotatable bonds is 0. The van der Waals surface area contributed by atoms with E-state index in [1.807, 2.05) is 12.4 Å². The Morgan fingerprint density at radius 1 is 0.585 bits per heavy atom. The molecule has 2 aromatic carbocycles. The van der Waals surface area contributed by atoms with E-state index < -0.39 is 14.8 Å². The first kappa shape index (κ1) is 33.4. The molecule has 0 unspecified atom stereocenters. The zero-order valence-corrected chi connectivity index (χ0v) is 29.8. The van der Waals surface area contributed by atoms with Crippen LogP contribution in [0.4, 0.5) is 0 Å². The van der Waals surface area contributed by atoms with Gasteiger partial charge in [-0.3, -0.25) is 9.98 Å². The van der Waals surface area contributed by atoms with Crippen molar-refractivity contribution in [3.8, 4) is 11.5 Å². The summed E-state index contributed by atoms with van der Waals surface area (Å²) in [7, 11) is 0. The lowest BCUT2D eigenvalue weighted by Crippen LogP contribution is -2.31. The van der Waals surface area contributed by atoms with E-state index >= 15 is 0 Å². The van der Waals surface area contributed by atoms with Crippen molar-refractivity contribution in [2.75, 3.05) is 13.1 Å². The molecule has 1 aliphatic heterocycles. The van der Waals surface area contributed by atoms with Crippen LogP contribution in [0.2, 0.25) is 5.79 Å². The molecule has 0 saturated heterocycles. The van der Waals surface area contributed by atoms with Crippen LogP contribution in [-0.4, -0.2) is 40.3 Å². The molecule has 0 atom stereocenters. The van der Waals surface area contributed by atoms with E-state index in [1.165, 1.54) is 22.3 Å². The van der Waals surface area contributed by atoms with E-state index in [0.717, 1.165) is 22.6 Å². The van der Waals surface area contributed by atoms with Gasteiger partial charge in [0.2, 0.25) is 0 Å². The van der Waals surface area contributed by atoms with Gasteiger partial charge in [0.1, 0.15) is 0 Å². The molecular formula is C36H55AlN2O2. The molecule has 1 aliphatic rings. The summed E-state index contributed by atoms with van der Waals surface area (Å²) in [5, 5.41) is 0. The van der Waals surface area contributed by atoms with Gasteiger partial charge in [0.25, 0.3) is 0 Å². The van der Waals surface area contributed by atoms with Crippen molar-refractivity contribution in [3.05, 3.63) is 57.6 Å². The van der Waals surface area contributed by atoms with Gasteiger partial charge in [-0.2, -0.15) is 0 Å². The minimum absolute atomic E-state index is 0.000790. The van der Waals surface area contributed by atoms with E-state index in [-0.39, 0.29) is 27.1 Å². The normalized spacial score (nSPS) is 16.8. The third-order valence-corrected chi connectivity index (χ3v) is 8.79. The van der Waals surface area contributed by atoms with E-state index in [0.29, 0.717) is 13.1 Å². The molecule has 0 N–H and O–H groups in total. The maximum Gasteiger partial charge on any atom is 0.853 e. The maximum atomic E-state index is 6.92. The van der Waals surface area contributed by atoms with Crippen molar-refractivity contribution in [1.29, 1.82) is 0 Å². The second-order valence-electron chi connectivity index (χ2n) is 16.8. The topological polar surface area (TPSA) is 43.2 Å². The summed E-state index contributed by atoms with van der Waals surface area (Å²) in [5.74, 6) is 3.94. The van der Waals surface area contributed by atoms with Gasteiger partial charge in [-0.1, -0.05) is 109 Å². The molecule has 0 aromatic heterocycles. The first-order chi connectivity index (χ1) is 18.5. The van der Waals surface area contributed by atoms with Crippen LogP contribution in [-0.2, 0) is 21.7 Å². The van der Waals surface area contributed by atoms with Crippen LogP contribution in [0.15, 0.2) is 34.3 Å². The summed E-state index contributed by atoms with van der Waals surface area (Å²) in [6, 6.07) is 9.18. The number of hydrogen-bond donors (Lipinski definition) is 0. The molecule has 0 fully saturated rings. The maximum absolute atomic E-state index is 6.92. The first-order valence-corrected chi connectivity index (χ1v) is 17.3. The fourth-order valence-electron chi connectivity index (χ4n) is 4.93. The Balaban J connectivity index is 2.31. The summed E-state index contributed by atoms with van der Waals surface area (Å²) in [6.45, 7) is 33.0. The smallest absolute Gasteiger partial charge is 0.611 e. The highest BCUT2D eigenvalue weighted by molar-refractivity contribution is 6.44. The van der Waals surface area contributed by atoms with Crippen LogP contribution < -0.4 is 7.58 Å². The zero-order valence-electron chi connectivity index (χ0n) is 28.7. The van der Waals surface area contributed by atoms with Crippen molar-refractivity contribution < 1.29 is 7.58 Å². The molecular weight excluding hydrogens is 519 g/mol. The van der Waals surface area contributed by atoms with E-state index in [1.54, 1.807) is 0 Å². The number of nitrogens with zero attached hydrogens (tertiary/aromatic N) is 2. The van der Waals surface area contributed by atoms with Gasteiger partial charge < -0.3 is 7.58 Å². The predicted molar refractivity (Wildman–Crippen MR) is 179 cm³/mol. The Morgan fingerprint density at radius 2 is 0.927 bits per heavy atom. The molecule has 2 aromatic rings. The Hall–Kier alpha value is -2.09. The predicted octanol–water partition coefficient (Wildman–Crippen LogP) is 9.33. The molecule has 224 valence electrons. The molecule has 1 heterocycles. The lowest BCUT2D eigenvalue weighted by Gasteiger charge is -2.32. The second-order valence-corrected chi connectivity index (χ2v) is 18.4. The fraction of sp³-hybridized carbons (Fsp3) is 0.611. The Labute approximate surface area is 256 Å². The zero-order chi connectivity index (χ0) is 31.2. The summed E-state index contributed by atoms with van der Waals surface area (Å²) >= 11 is -2.22. The van der Waals surface area contributed by atoms with Gasteiger partial charge in [-0.25, -0.2) is 0 Å². The minimum atomic E-state index is -2.22. The minimum Gasteiger partial charge on any atom is -0.611 e. The highest BCUT2D eigenvalue weighted by Gasteiger charge is 2.34. The lowest BCUT2D eigenvalue weighted by molar-refractivity contribution is 0.395. The second kappa shape index (κ2) is 11.5. The molecule has 0 saturated carbocycles. The molecule has 0 radical (unpaired) electrons. The Morgan fingerprint density at radius 3 is 1.22 bits per heavy atom. The van der Waals surface area contributed by atoms with Crippen LogP contribution in [0.5, 0.6) is 11.5 Å². The van der Waals surface area contributed by atoms with Gasteiger partial charge in [-0.15, -0.1) is 0 Å². The highest BCUT2D eigenvalue weighted by atomic mass is 27.2. The molecule has 0 spiro atoms. The molecule has 41 heavy (non-hydrogen) atoms. The average Bonchev–Trinajstić information content (AvgIpc) is 2.77. The third kappa shape index (κ3) is 8.48. The van der Waals surface area contributed by atoms with Crippen LogP contribution in [0.3, 0.4) is 0 Å². The molecule has 0 bridgehead atoms. The molecule has 3 rings (SSSR count). The lowest BCUT2D eigenvalue weighted by atomic mass is 9.79. The van der Waals surface area contributed by atoms with E-state index in [2.05, 4.69) is 127 Å². The molecule has 0 aliphatic carbocycles. The standard InChI is InChI=1S/C35H54N2O2.CH3.Al/c1-31(2,3)25-15-23(29(38)27(17-25)33(7,8)9)19-36-21-35(13,14)22-37-20-24-16-26(32(4,5)6)18-28(30(24)39)34(10,11)12;;/h15-20,38-39H,21-22H2,1-14H3;1H3;/q;;+2/p-2. The molecule has 5 heteroatoms. The monoisotopic (exact) mass is 574 g/mol. The number of benzene rings is 2. The van der Waals surface area contributed by atoms with E-state index in [4.69, 9.17) is 17.6 Å². The highest BCUT2D eigenvalue weighted by Crippen LogP contribution is 2.41. The van der Waals surface area contributed by atoms with Crippen molar-refractivity contribution in [2.24, 2.45) is 15.4 Å². The molecule has 4 nitrogen and oxygen atoms in total. The Kier molecular flexibility index (Phi) is 9.40. The van der Waals surface area contributed by atoms with E-state index in [9.17, 15) is 0 Å². The molecule has 0 amide bonds. The van der Waals surface area contributed by atoms with Crippen molar-refractivity contribution in [1.82, 2.24) is 0 Å². The number of hydrogen-bond acceptors (Lipinski definition) is 4. The number of fused-ring (bicyclic) bond motifs is 2. The summed E-state index contributed by atoms with van der Waals surface area (Å²) in [6.07, 6.45) is 4.03. The number of aliphatic imine (C=N–C) groups is 2. The Bertz CT molecular complexity index is 1210.